The van der Waals surface area contributed by atoms with Gasteiger partial charge in [0.25, 0.3) is 0 Å². The molecule has 1 aromatic rings. The minimum atomic E-state index is -0.684. The van der Waals surface area contributed by atoms with Crippen LogP contribution in [0.15, 0.2) is 30.3 Å². The van der Waals surface area contributed by atoms with Gasteiger partial charge in [0.1, 0.15) is 6.04 Å². The summed E-state index contributed by atoms with van der Waals surface area (Å²) in [6.45, 7) is 2.08. The molecule has 1 amide bonds. The summed E-state index contributed by atoms with van der Waals surface area (Å²) in [5, 5.41) is 7.95. The van der Waals surface area contributed by atoms with E-state index in [9.17, 15) is 4.79 Å². The van der Waals surface area contributed by atoms with E-state index in [4.69, 9.17) is 16.7 Å². The van der Waals surface area contributed by atoms with Crippen LogP contribution in [0.4, 0.5) is 0 Å². The molecule has 0 saturated heterocycles. The highest BCUT2D eigenvalue weighted by molar-refractivity contribution is 5.81. The zero-order valence-electron chi connectivity index (χ0n) is 10.1. The number of carbonyl (C=O) groups is 1. The highest BCUT2D eigenvalue weighted by atomic mass is 16.1. The Morgan fingerprint density at radius 3 is 2.35 bits per heavy atom. The molecule has 0 saturated carbocycles. The maximum absolute atomic E-state index is 10.6. The van der Waals surface area contributed by atoms with Crippen LogP contribution in [0.1, 0.15) is 37.8 Å². The molecular formula is C13H19N3O. The summed E-state index contributed by atoms with van der Waals surface area (Å²) in [4.78, 5) is 10.6. The molecule has 4 nitrogen and oxygen atoms in total. The minimum Gasteiger partial charge on any atom is -0.368 e. The van der Waals surface area contributed by atoms with Crippen molar-refractivity contribution in [2.45, 2.75) is 32.2 Å². The number of hydrogen-bond donors (Lipinski definition) is 2. The fourth-order valence-electron chi connectivity index (χ4n) is 1.08. The SMILES string of the molecule is CCCCC#N.NC(=O)C(N)c1ccccc1. The molecule has 92 valence electrons. The molecule has 0 aliphatic heterocycles. The van der Waals surface area contributed by atoms with Crippen LogP contribution in [0, 0.1) is 11.3 Å². The molecule has 0 aliphatic carbocycles. The van der Waals surface area contributed by atoms with Crippen molar-refractivity contribution in [2.24, 2.45) is 11.5 Å². The van der Waals surface area contributed by atoms with Crippen molar-refractivity contribution in [3.63, 3.8) is 0 Å². The van der Waals surface area contributed by atoms with Gasteiger partial charge in [0.15, 0.2) is 0 Å². The number of nitriles is 1. The van der Waals surface area contributed by atoms with E-state index in [1.807, 2.05) is 18.2 Å². The lowest BCUT2D eigenvalue weighted by Crippen LogP contribution is -2.27. The van der Waals surface area contributed by atoms with Gasteiger partial charge in [0.05, 0.1) is 6.07 Å². The maximum Gasteiger partial charge on any atom is 0.238 e. The van der Waals surface area contributed by atoms with E-state index in [1.54, 1.807) is 12.1 Å². The van der Waals surface area contributed by atoms with Gasteiger partial charge in [-0.05, 0) is 12.0 Å². The van der Waals surface area contributed by atoms with E-state index in [1.165, 1.54) is 0 Å². The molecule has 0 bridgehead atoms. The van der Waals surface area contributed by atoms with Crippen LogP contribution in [0.25, 0.3) is 0 Å². The summed E-state index contributed by atoms with van der Waals surface area (Å²) in [6.07, 6.45) is 2.90. The van der Waals surface area contributed by atoms with Crippen molar-refractivity contribution in [1.29, 1.82) is 5.26 Å². The molecule has 0 aliphatic rings. The van der Waals surface area contributed by atoms with E-state index in [2.05, 4.69) is 13.0 Å². The Morgan fingerprint density at radius 2 is 2.00 bits per heavy atom. The third kappa shape index (κ3) is 7.09. The lowest BCUT2D eigenvalue weighted by molar-refractivity contribution is -0.119. The van der Waals surface area contributed by atoms with E-state index >= 15 is 0 Å². The van der Waals surface area contributed by atoms with Gasteiger partial charge in [0.2, 0.25) is 5.91 Å². The van der Waals surface area contributed by atoms with Crippen LogP contribution < -0.4 is 11.5 Å². The molecule has 1 aromatic carbocycles. The largest absolute Gasteiger partial charge is 0.368 e. The number of hydrogen-bond acceptors (Lipinski definition) is 3. The van der Waals surface area contributed by atoms with Gasteiger partial charge in [-0.15, -0.1) is 0 Å². The molecule has 1 unspecified atom stereocenters. The average Bonchev–Trinajstić information content (AvgIpc) is 2.37. The number of benzene rings is 1. The second kappa shape index (κ2) is 9.37. The number of primary amides is 1. The van der Waals surface area contributed by atoms with E-state index in [-0.39, 0.29) is 0 Å². The van der Waals surface area contributed by atoms with Crippen LogP contribution in [0.5, 0.6) is 0 Å². The van der Waals surface area contributed by atoms with Crippen molar-refractivity contribution >= 4 is 5.91 Å². The molecule has 4 N–H and O–H groups in total. The predicted octanol–water partition coefficient (Wildman–Crippen LogP) is 1.87. The highest BCUT2D eigenvalue weighted by Crippen LogP contribution is 2.07. The summed E-state index contributed by atoms with van der Waals surface area (Å²) in [5.74, 6) is -0.504. The van der Waals surface area contributed by atoms with Crippen molar-refractivity contribution in [1.82, 2.24) is 0 Å². The Labute approximate surface area is 102 Å². The molecule has 0 radical (unpaired) electrons. The van der Waals surface area contributed by atoms with Crippen LogP contribution in [-0.2, 0) is 4.79 Å². The Morgan fingerprint density at radius 1 is 1.41 bits per heavy atom. The molecule has 0 aromatic heterocycles. The second-order valence-corrected chi connectivity index (χ2v) is 3.55. The molecule has 0 fully saturated rings. The normalized spacial score (nSPS) is 10.6. The van der Waals surface area contributed by atoms with Gasteiger partial charge >= 0.3 is 0 Å². The van der Waals surface area contributed by atoms with Crippen molar-refractivity contribution in [3.8, 4) is 6.07 Å². The number of amides is 1. The van der Waals surface area contributed by atoms with Crippen molar-refractivity contribution in [2.75, 3.05) is 0 Å². The van der Waals surface area contributed by atoms with Crippen molar-refractivity contribution < 1.29 is 4.79 Å². The third-order valence-electron chi connectivity index (χ3n) is 2.11. The Hall–Kier alpha value is -1.86. The lowest BCUT2D eigenvalue weighted by atomic mass is 10.1. The Kier molecular flexibility index (Phi) is 8.35. The number of carbonyl (C=O) groups excluding carboxylic acids is 1. The van der Waals surface area contributed by atoms with Gasteiger partial charge in [-0.25, -0.2) is 0 Å². The Balaban J connectivity index is 0.000000366. The summed E-state index contributed by atoms with van der Waals surface area (Å²) in [6, 6.07) is 10.4. The second-order valence-electron chi connectivity index (χ2n) is 3.55. The topological polar surface area (TPSA) is 92.9 Å². The first-order valence-electron chi connectivity index (χ1n) is 5.60. The first-order chi connectivity index (χ1) is 8.13. The van der Waals surface area contributed by atoms with Crippen LogP contribution >= 0.6 is 0 Å². The zero-order chi connectivity index (χ0) is 13.1. The summed E-state index contributed by atoms with van der Waals surface area (Å²) < 4.78 is 0. The van der Waals surface area contributed by atoms with Crippen LogP contribution in [-0.4, -0.2) is 5.91 Å². The van der Waals surface area contributed by atoms with Gasteiger partial charge in [0, 0.05) is 6.42 Å². The van der Waals surface area contributed by atoms with E-state index < -0.39 is 11.9 Å². The zero-order valence-corrected chi connectivity index (χ0v) is 10.1. The number of nitrogens with two attached hydrogens (primary N) is 2. The lowest BCUT2D eigenvalue weighted by Gasteiger charge is -2.05. The number of rotatable bonds is 4. The third-order valence-corrected chi connectivity index (χ3v) is 2.11. The molecule has 1 rings (SSSR count). The first-order valence-corrected chi connectivity index (χ1v) is 5.60. The van der Waals surface area contributed by atoms with E-state index in [0.29, 0.717) is 0 Å². The van der Waals surface area contributed by atoms with Crippen LogP contribution in [0.2, 0.25) is 0 Å². The Bertz CT molecular complexity index is 357. The molecule has 4 heteroatoms. The number of unbranched alkanes of at least 4 members (excludes halogenated alkanes) is 2. The molecule has 0 heterocycles. The van der Waals surface area contributed by atoms with Gasteiger partial charge in [-0.2, -0.15) is 5.26 Å². The maximum atomic E-state index is 10.6. The summed E-state index contributed by atoms with van der Waals surface area (Å²) in [5.41, 5.74) is 11.2. The predicted molar refractivity (Wildman–Crippen MR) is 67.7 cm³/mol. The summed E-state index contributed by atoms with van der Waals surface area (Å²) in [7, 11) is 0. The molecular weight excluding hydrogens is 214 g/mol. The average molecular weight is 233 g/mol. The molecule has 1 atom stereocenters. The summed E-state index contributed by atoms with van der Waals surface area (Å²) >= 11 is 0. The van der Waals surface area contributed by atoms with Crippen molar-refractivity contribution in [3.05, 3.63) is 35.9 Å². The minimum absolute atomic E-state index is 0.504. The monoisotopic (exact) mass is 233 g/mol. The van der Waals surface area contributed by atoms with Gasteiger partial charge in [-0.3, -0.25) is 4.79 Å². The van der Waals surface area contributed by atoms with E-state index in [0.717, 1.165) is 24.8 Å². The van der Waals surface area contributed by atoms with Gasteiger partial charge < -0.3 is 11.5 Å². The highest BCUT2D eigenvalue weighted by Gasteiger charge is 2.09. The van der Waals surface area contributed by atoms with Crippen LogP contribution in [0.3, 0.4) is 0 Å². The number of nitrogens with zero attached hydrogens (tertiary/aromatic N) is 1. The smallest absolute Gasteiger partial charge is 0.238 e. The molecule has 17 heavy (non-hydrogen) atoms. The standard InChI is InChI=1S/C8H10N2O.C5H9N/c9-7(8(10)11)6-4-2-1-3-5-6;1-2-3-4-5-6/h1-5,7H,9H2,(H2,10,11);2-4H2,1H3. The molecule has 0 spiro atoms. The van der Waals surface area contributed by atoms with Gasteiger partial charge in [-0.1, -0.05) is 43.7 Å². The quantitative estimate of drug-likeness (QED) is 0.777. The fourth-order valence-corrected chi connectivity index (χ4v) is 1.08. The fraction of sp³-hybridized carbons (Fsp3) is 0.385. The first kappa shape index (κ1) is 15.1.